The van der Waals surface area contributed by atoms with Crippen molar-refractivity contribution < 1.29 is 4.74 Å². The summed E-state index contributed by atoms with van der Waals surface area (Å²) in [5.74, 6) is 0.681. The molecule has 1 unspecified atom stereocenters. The van der Waals surface area contributed by atoms with E-state index in [4.69, 9.17) is 4.74 Å². The fraction of sp³-hybridized carbons (Fsp3) is 0.467. The summed E-state index contributed by atoms with van der Waals surface area (Å²) < 4.78 is 6.00. The molecule has 2 bridgehead atoms. The van der Waals surface area contributed by atoms with Gasteiger partial charge < -0.3 is 4.74 Å². The fourth-order valence-corrected chi connectivity index (χ4v) is 3.83. The van der Waals surface area contributed by atoms with Crippen molar-refractivity contribution in [3.8, 4) is 16.5 Å². The largest absolute Gasteiger partial charge is 0.458 e. The van der Waals surface area contributed by atoms with Crippen molar-refractivity contribution in [2.75, 3.05) is 19.6 Å². The molecule has 0 aliphatic carbocycles. The Balaban J connectivity index is 1.47. The number of hydrogen-bond acceptors (Lipinski definition) is 5. The van der Waals surface area contributed by atoms with Crippen molar-refractivity contribution in [3.63, 3.8) is 0 Å². The lowest BCUT2D eigenvalue weighted by Gasteiger charge is -2.43. The van der Waals surface area contributed by atoms with E-state index in [-0.39, 0.29) is 6.10 Å². The van der Waals surface area contributed by atoms with Crippen molar-refractivity contribution in [1.82, 2.24) is 14.9 Å². The third kappa shape index (κ3) is 2.31. The molecule has 0 radical (unpaired) electrons. The standard InChI is InChI=1S/C15H17N3OS/c1-2-14(20-7-1)12-8-16-15(17-9-12)19-13-10-18-5-3-11(13)4-6-18/h1-2,7-9,11,13H,3-6,10H2. The molecule has 0 spiro atoms. The minimum absolute atomic E-state index is 0.269. The first-order chi connectivity index (χ1) is 9.88. The van der Waals surface area contributed by atoms with Crippen LogP contribution in [0.3, 0.4) is 0 Å². The van der Waals surface area contributed by atoms with Crippen LogP contribution < -0.4 is 4.74 Å². The molecule has 20 heavy (non-hydrogen) atoms. The van der Waals surface area contributed by atoms with Gasteiger partial charge in [-0.05, 0) is 43.3 Å². The first kappa shape index (κ1) is 12.3. The van der Waals surface area contributed by atoms with E-state index in [0.29, 0.717) is 11.9 Å². The highest BCUT2D eigenvalue weighted by Gasteiger charge is 2.35. The average Bonchev–Trinajstić information content (AvgIpc) is 3.04. The zero-order chi connectivity index (χ0) is 13.4. The lowest BCUT2D eigenvalue weighted by molar-refractivity contribution is -0.0123. The topological polar surface area (TPSA) is 38.2 Å². The highest BCUT2D eigenvalue weighted by molar-refractivity contribution is 7.13. The molecule has 0 N–H and O–H groups in total. The summed E-state index contributed by atoms with van der Waals surface area (Å²) in [6.07, 6.45) is 6.48. The Kier molecular flexibility index (Phi) is 3.16. The molecule has 5 heteroatoms. The predicted molar refractivity (Wildman–Crippen MR) is 78.9 cm³/mol. The molecular weight excluding hydrogens is 270 g/mol. The Labute approximate surface area is 122 Å². The normalized spacial score (nSPS) is 28.5. The Morgan fingerprint density at radius 3 is 2.60 bits per heavy atom. The van der Waals surface area contributed by atoms with E-state index < -0.39 is 0 Å². The monoisotopic (exact) mass is 287 g/mol. The van der Waals surface area contributed by atoms with E-state index in [9.17, 15) is 0 Å². The fourth-order valence-electron chi connectivity index (χ4n) is 3.13. The van der Waals surface area contributed by atoms with Crippen LogP contribution in [-0.2, 0) is 0 Å². The van der Waals surface area contributed by atoms with Gasteiger partial charge in [-0.2, -0.15) is 0 Å². The molecule has 5 rings (SSSR count). The Morgan fingerprint density at radius 2 is 2.00 bits per heavy atom. The van der Waals surface area contributed by atoms with E-state index in [2.05, 4.69) is 26.3 Å². The number of hydrogen-bond donors (Lipinski definition) is 0. The minimum atomic E-state index is 0.269. The van der Waals surface area contributed by atoms with E-state index in [1.807, 2.05) is 18.5 Å². The first-order valence-electron chi connectivity index (χ1n) is 7.13. The molecule has 2 aromatic heterocycles. The van der Waals surface area contributed by atoms with Gasteiger partial charge in [0.25, 0.3) is 0 Å². The van der Waals surface area contributed by atoms with Crippen LogP contribution in [0.25, 0.3) is 10.4 Å². The average molecular weight is 287 g/mol. The van der Waals surface area contributed by atoms with Crippen LogP contribution in [0.2, 0.25) is 0 Å². The zero-order valence-corrected chi connectivity index (χ0v) is 12.1. The molecule has 3 fully saturated rings. The molecule has 2 aromatic rings. The van der Waals surface area contributed by atoms with Crippen molar-refractivity contribution >= 4 is 11.3 Å². The van der Waals surface area contributed by atoms with Crippen LogP contribution in [0.15, 0.2) is 29.9 Å². The van der Waals surface area contributed by atoms with E-state index in [0.717, 1.165) is 12.1 Å². The third-order valence-electron chi connectivity index (χ3n) is 4.29. The SMILES string of the molecule is c1csc(-c2cnc(OC3CN4CCC3CC4)nc2)c1. The molecule has 0 amide bonds. The lowest BCUT2D eigenvalue weighted by atomic mass is 9.86. The highest BCUT2D eigenvalue weighted by Crippen LogP contribution is 2.30. The number of nitrogens with zero attached hydrogens (tertiary/aromatic N) is 3. The second kappa shape index (κ2) is 5.14. The molecule has 3 saturated heterocycles. The maximum absolute atomic E-state index is 6.00. The number of thiophene rings is 1. The molecule has 3 aliphatic heterocycles. The van der Waals surface area contributed by atoms with Crippen molar-refractivity contribution in [1.29, 1.82) is 0 Å². The maximum atomic E-state index is 6.00. The van der Waals surface area contributed by atoms with Crippen LogP contribution in [0.1, 0.15) is 12.8 Å². The van der Waals surface area contributed by atoms with Gasteiger partial charge in [0.1, 0.15) is 6.10 Å². The maximum Gasteiger partial charge on any atom is 0.316 e. The van der Waals surface area contributed by atoms with E-state index in [1.165, 1.54) is 30.8 Å². The van der Waals surface area contributed by atoms with Gasteiger partial charge in [-0.3, -0.25) is 4.90 Å². The highest BCUT2D eigenvalue weighted by atomic mass is 32.1. The summed E-state index contributed by atoms with van der Waals surface area (Å²) in [5.41, 5.74) is 1.06. The molecule has 1 atom stereocenters. The molecular formula is C15H17N3OS. The number of fused-ring (bicyclic) bond motifs is 3. The second-order valence-corrected chi connectivity index (χ2v) is 6.47. The smallest absolute Gasteiger partial charge is 0.316 e. The van der Waals surface area contributed by atoms with Gasteiger partial charge in [-0.1, -0.05) is 6.07 Å². The summed E-state index contributed by atoms with van der Waals surface area (Å²) in [6.45, 7) is 3.48. The van der Waals surface area contributed by atoms with Crippen LogP contribution in [0.5, 0.6) is 6.01 Å². The minimum Gasteiger partial charge on any atom is -0.458 e. The van der Waals surface area contributed by atoms with Crippen molar-refractivity contribution in [3.05, 3.63) is 29.9 Å². The zero-order valence-electron chi connectivity index (χ0n) is 11.2. The Bertz CT molecular complexity index is 561. The Hall–Kier alpha value is -1.46. The molecule has 3 aliphatic rings. The van der Waals surface area contributed by atoms with E-state index >= 15 is 0 Å². The first-order valence-corrected chi connectivity index (χ1v) is 8.01. The van der Waals surface area contributed by atoms with Crippen LogP contribution in [0, 0.1) is 5.92 Å². The number of aromatic nitrogens is 2. The van der Waals surface area contributed by atoms with Crippen LogP contribution in [0.4, 0.5) is 0 Å². The summed E-state index contributed by atoms with van der Waals surface area (Å²) in [6, 6.07) is 4.64. The molecule has 5 heterocycles. The van der Waals surface area contributed by atoms with Gasteiger partial charge in [0.05, 0.1) is 0 Å². The van der Waals surface area contributed by atoms with Crippen molar-refractivity contribution in [2.24, 2.45) is 5.92 Å². The quantitative estimate of drug-likeness (QED) is 0.870. The van der Waals surface area contributed by atoms with Crippen LogP contribution >= 0.6 is 11.3 Å². The van der Waals surface area contributed by atoms with Crippen molar-refractivity contribution in [2.45, 2.75) is 18.9 Å². The van der Waals surface area contributed by atoms with Crippen LogP contribution in [-0.4, -0.2) is 40.6 Å². The van der Waals surface area contributed by atoms with E-state index in [1.54, 1.807) is 11.3 Å². The second-order valence-electron chi connectivity index (χ2n) is 5.53. The number of piperidine rings is 3. The third-order valence-corrected chi connectivity index (χ3v) is 5.21. The molecule has 104 valence electrons. The summed E-state index contributed by atoms with van der Waals surface area (Å²) >= 11 is 1.70. The predicted octanol–water partition coefficient (Wildman–Crippen LogP) is 2.68. The lowest BCUT2D eigenvalue weighted by Crippen LogP contribution is -2.52. The van der Waals surface area contributed by atoms with Gasteiger partial charge >= 0.3 is 6.01 Å². The molecule has 0 saturated carbocycles. The van der Waals surface area contributed by atoms with Gasteiger partial charge in [0, 0.05) is 29.4 Å². The molecule has 4 nitrogen and oxygen atoms in total. The summed E-state index contributed by atoms with van der Waals surface area (Å²) in [5, 5.41) is 2.06. The number of ether oxygens (including phenoxy) is 1. The van der Waals surface area contributed by atoms with Gasteiger partial charge in [0.15, 0.2) is 0 Å². The molecule has 0 aromatic carbocycles. The number of rotatable bonds is 3. The van der Waals surface area contributed by atoms with Gasteiger partial charge in [-0.25, -0.2) is 9.97 Å². The van der Waals surface area contributed by atoms with Gasteiger partial charge in [0.2, 0.25) is 0 Å². The van der Waals surface area contributed by atoms with Gasteiger partial charge in [-0.15, -0.1) is 11.3 Å². The Morgan fingerprint density at radius 1 is 1.20 bits per heavy atom. The summed E-state index contributed by atoms with van der Waals surface area (Å²) in [4.78, 5) is 12.4. The summed E-state index contributed by atoms with van der Waals surface area (Å²) in [7, 11) is 0.